The quantitative estimate of drug-likeness (QED) is 0.0769. The molecular formula is C20H30N10O15P2. The second kappa shape index (κ2) is 14.0. The SMILES string of the molecule is Nc1ncnc2c1ncn2[C@@H]1O[C@H](CO)[C@@H](O)[C@H]1OP(=O)(O)O.Nc1ncnc2c1ncn2[C@@H]1O[C@H](CO)[C@@H](O)[C@H]1OP(=O)(O)O.O. The number of phosphoric acid groups is 2. The summed E-state index contributed by atoms with van der Waals surface area (Å²) in [6, 6.07) is 0. The standard InChI is InChI=1S/2C10H14N5O7P.H2O/c2*11-8-5-9(13-2-12-8)15(3-14-5)10-7(22-23(18,19)20)6(17)4(1-16)21-10;/h2*2-4,6-7,10,16-17H,1H2,(H2,11,12,13)(H2,18,19,20);1H2/t2*4-,6-,7-,10-;/m11./s1. The van der Waals surface area contributed by atoms with Crippen molar-refractivity contribution in [2.75, 3.05) is 24.7 Å². The number of ether oxygens (including phenoxy) is 2. The van der Waals surface area contributed by atoms with E-state index in [0.717, 1.165) is 0 Å². The fraction of sp³-hybridized carbons (Fsp3) is 0.500. The number of nitrogen functional groups attached to an aromatic ring is 2. The van der Waals surface area contributed by atoms with Gasteiger partial charge in [0.15, 0.2) is 35.4 Å². The highest BCUT2D eigenvalue weighted by molar-refractivity contribution is 7.46. The number of fused-ring (bicyclic) bond motifs is 2. The second-order valence-corrected chi connectivity index (χ2v) is 12.1. The fourth-order valence-electron chi connectivity index (χ4n) is 4.84. The molecule has 2 fully saturated rings. The maximum atomic E-state index is 11.1. The summed E-state index contributed by atoms with van der Waals surface area (Å²) >= 11 is 0. The van der Waals surface area contributed by atoms with Crippen LogP contribution < -0.4 is 11.5 Å². The van der Waals surface area contributed by atoms with Crippen LogP contribution in [0, 0.1) is 0 Å². The highest BCUT2D eigenvalue weighted by Crippen LogP contribution is 2.46. The number of aromatic nitrogens is 8. The monoisotopic (exact) mass is 712 g/mol. The predicted molar refractivity (Wildman–Crippen MR) is 151 cm³/mol. The van der Waals surface area contributed by atoms with Crippen LogP contribution in [0.25, 0.3) is 22.3 Å². The number of aliphatic hydroxyl groups excluding tert-OH is 4. The van der Waals surface area contributed by atoms with Gasteiger partial charge in [-0.2, -0.15) is 0 Å². The van der Waals surface area contributed by atoms with E-state index in [1.165, 1.54) is 34.4 Å². The van der Waals surface area contributed by atoms with Gasteiger partial charge in [-0.3, -0.25) is 18.2 Å². The molecule has 8 atom stereocenters. The topological polar surface area (TPSA) is 404 Å². The minimum absolute atomic E-state index is 0. The van der Waals surface area contributed by atoms with Gasteiger partial charge in [0, 0.05) is 0 Å². The largest absolute Gasteiger partial charge is 0.470 e. The van der Waals surface area contributed by atoms with Crippen molar-refractivity contribution in [3.8, 4) is 0 Å². The fourth-order valence-corrected chi connectivity index (χ4v) is 5.93. The van der Waals surface area contributed by atoms with Crippen molar-refractivity contribution >= 4 is 49.6 Å². The van der Waals surface area contributed by atoms with E-state index in [1.807, 2.05) is 0 Å². The molecule has 25 nitrogen and oxygen atoms in total. The van der Waals surface area contributed by atoms with Crippen molar-refractivity contribution in [3.63, 3.8) is 0 Å². The first-order valence-corrected chi connectivity index (χ1v) is 15.9. The number of aliphatic hydroxyl groups is 4. The number of rotatable bonds is 8. The molecule has 6 rings (SSSR count). The molecular weight excluding hydrogens is 682 g/mol. The second-order valence-electron chi connectivity index (χ2n) is 9.76. The van der Waals surface area contributed by atoms with Gasteiger partial charge in [-0.15, -0.1) is 0 Å². The zero-order valence-corrected chi connectivity index (χ0v) is 25.3. The van der Waals surface area contributed by atoms with Crippen LogP contribution >= 0.6 is 15.6 Å². The molecule has 260 valence electrons. The number of hydrogen-bond donors (Lipinski definition) is 10. The number of nitrogens with zero attached hydrogens (tertiary/aromatic N) is 8. The predicted octanol–water partition coefficient (Wildman–Crippen LogP) is -4.55. The first-order chi connectivity index (χ1) is 21.6. The smallest absolute Gasteiger partial charge is 0.412 e. The molecule has 0 aromatic carbocycles. The third kappa shape index (κ3) is 7.54. The van der Waals surface area contributed by atoms with E-state index in [1.54, 1.807) is 0 Å². The van der Waals surface area contributed by atoms with Crippen LogP contribution in [0.2, 0.25) is 0 Å². The highest BCUT2D eigenvalue weighted by Gasteiger charge is 2.50. The van der Waals surface area contributed by atoms with Gasteiger partial charge in [0.05, 0.1) is 25.9 Å². The first-order valence-electron chi connectivity index (χ1n) is 12.9. The van der Waals surface area contributed by atoms with Crippen LogP contribution in [0.4, 0.5) is 11.6 Å². The molecule has 4 aromatic heterocycles. The maximum absolute atomic E-state index is 11.1. The lowest BCUT2D eigenvalue weighted by molar-refractivity contribution is -0.0506. The van der Waals surface area contributed by atoms with E-state index in [9.17, 15) is 29.6 Å². The molecule has 14 N–H and O–H groups in total. The molecule has 0 spiro atoms. The number of imidazole rings is 2. The Labute approximate surface area is 261 Å². The molecule has 47 heavy (non-hydrogen) atoms. The molecule has 0 aliphatic carbocycles. The summed E-state index contributed by atoms with van der Waals surface area (Å²) < 4.78 is 44.9. The van der Waals surface area contributed by atoms with Crippen molar-refractivity contribution in [3.05, 3.63) is 25.3 Å². The number of hydrogen-bond acceptors (Lipinski definition) is 18. The summed E-state index contributed by atoms with van der Waals surface area (Å²) in [4.78, 5) is 59.6. The van der Waals surface area contributed by atoms with Gasteiger partial charge in [0.2, 0.25) is 0 Å². The minimum Gasteiger partial charge on any atom is -0.412 e. The van der Waals surface area contributed by atoms with E-state index in [4.69, 9.17) is 40.5 Å². The summed E-state index contributed by atoms with van der Waals surface area (Å²) in [6.07, 6.45) is -5.44. The van der Waals surface area contributed by atoms with Gasteiger partial charge in [0.25, 0.3) is 0 Å². The normalized spacial score (nSPS) is 27.9. The Bertz CT molecular complexity index is 1660. The average Bonchev–Trinajstić information content (AvgIpc) is 3.74. The summed E-state index contributed by atoms with van der Waals surface area (Å²) in [6.45, 7) is -1.13. The first kappa shape index (κ1) is 36.5. The summed E-state index contributed by atoms with van der Waals surface area (Å²) in [5.41, 5.74) is 12.3. The molecule has 2 saturated heterocycles. The lowest BCUT2D eigenvalue weighted by Crippen LogP contribution is -2.34. The molecule has 0 saturated carbocycles. The number of nitrogens with two attached hydrogens (primary N) is 2. The Hall–Kier alpha value is -3.36. The van der Waals surface area contributed by atoms with Crippen molar-refractivity contribution in [1.29, 1.82) is 0 Å². The van der Waals surface area contributed by atoms with Crippen molar-refractivity contribution < 1.29 is 73.1 Å². The summed E-state index contributed by atoms with van der Waals surface area (Å²) in [5, 5.41) is 38.6. The molecule has 2 aliphatic rings. The summed E-state index contributed by atoms with van der Waals surface area (Å²) in [7, 11) is -9.82. The third-order valence-electron chi connectivity index (χ3n) is 6.83. The van der Waals surface area contributed by atoms with Crippen LogP contribution in [-0.2, 0) is 27.7 Å². The van der Waals surface area contributed by atoms with Crippen molar-refractivity contribution in [2.24, 2.45) is 0 Å². The molecule has 0 unspecified atom stereocenters. The van der Waals surface area contributed by atoms with Gasteiger partial charge < -0.3 is 66.4 Å². The van der Waals surface area contributed by atoms with E-state index in [0.29, 0.717) is 0 Å². The molecule has 0 bridgehead atoms. The number of phosphoric ester groups is 2. The molecule has 27 heteroatoms. The van der Waals surface area contributed by atoms with E-state index < -0.39 is 77.9 Å². The van der Waals surface area contributed by atoms with Crippen molar-refractivity contribution in [2.45, 2.75) is 49.1 Å². The van der Waals surface area contributed by atoms with Crippen LogP contribution in [-0.4, -0.2) is 134 Å². The zero-order chi connectivity index (χ0) is 33.6. The van der Waals surface area contributed by atoms with Crippen molar-refractivity contribution in [1.82, 2.24) is 39.0 Å². The Morgan fingerprint density at radius 1 is 0.702 bits per heavy atom. The Morgan fingerprint density at radius 2 is 1.06 bits per heavy atom. The lowest BCUT2D eigenvalue weighted by Gasteiger charge is -2.21. The lowest BCUT2D eigenvalue weighted by atomic mass is 10.1. The zero-order valence-electron chi connectivity index (χ0n) is 23.5. The Balaban J connectivity index is 0.000000208. The van der Waals surface area contributed by atoms with Crippen LogP contribution in [0.1, 0.15) is 12.5 Å². The van der Waals surface area contributed by atoms with Crippen LogP contribution in [0.3, 0.4) is 0 Å². The van der Waals surface area contributed by atoms with Gasteiger partial charge in [0.1, 0.15) is 60.3 Å². The molecule has 2 aliphatic heterocycles. The molecule has 0 radical (unpaired) electrons. The van der Waals surface area contributed by atoms with E-state index in [2.05, 4.69) is 39.0 Å². The van der Waals surface area contributed by atoms with Crippen LogP contribution in [0.15, 0.2) is 25.3 Å². The molecule has 0 amide bonds. The maximum Gasteiger partial charge on any atom is 0.470 e. The Kier molecular flexibility index (Phi) is 10.9. The van der Waals surface area contributed by atoms with Gasteiger partial charge in [-0.25, -0.2) is 39.0 Å². The van der Waals surface area contributed by atoms with Gasteiger partial charge in [-0.1, -0.05) is 0 Å². The summed E-state index contributed by atoms with van der Waals surface area (Å²) in [5.74, 6) is 0.219. The minimum atomic E-state index is -4.91. The van der Waals surface area contributed by atoms with E-state index in [-0.39, 0.29) is 39.4 Å². The molecule has 4 aromatic rings. The Morgan fingerprint density at radius 3 is 1.38 bits per heavy atom. The third-order valence-corrected chi connectivity index (χ3v) is 7.86. The highest BCUT2D eigenvalue weighted by atomic mass is 31.2. The van der Waals surface area contributed by atoms with Gasteiger partial charge >= 0.3 is 15.6 Å². The van der Waals surface area contributed by atoms with Crippen LogP contribution in [0.5, 0.6) is 0 Å². The average molecular weight is 712 g/mol. The van der Waals surface area contributed by atoms with Gasteiger partial charge in [-0.05, 0) is 0 Å². The number of anilines is 2. The molecule has 6 heterocycles. The van der Waals surface area contributed by atoms with E-state index >= 15 is 0 Å².